The molecule has 0 aliphatic heterocycles. The first-order valence-electron chi connectivity index (χ1n) is 15.5. The van der Waals surface area contributed by atoms with Gasteiger partial charge in [0, 0.05) is 12.7 Å². The van der Waals surface area contributed by atoms with Gasteiger partial charge in [0.05, 0.1) is 0 Å². The highest BCUT2D eigenvalue weighted by atomic mass is 19.3. The minimum absolute atomic E-state index is 0.250. The Labute approximate surface area is 283 Å². The van der Waals surface area contributed by atoms with Gasteiger partial charge in [0.1, 0.15) is 18.3 Å². The zero-order valence-corrected chi connectivity index (χ0v) is 28.0. The van der Waals surface area contributed by atoms with Crippen molar-refractivity contribution >= 4 is 6.79 Å². The van der Waals surface area contributed by atoms with Crippen molar-refractivity contribution in [3.63, 3.8) is 0 Å². The minimum Gasteiger partial charge on any atom is -0.465 e. The Morgan fingerprint density at radius 3 is 1.58 bits per heavy atom. The molecular formula is C38H50F2O8. The highest BCUT2D eigenvalue weighted by molar-refractivity contribution is 5.72. The van der Waals surface area contributed by atoms with Crippen molar-refractivity contribution < 1.29 is 48.4 Å². The number of aliphatic hydroxyl groups is 1. The molecule has 0 spiro atoms. The number of hydrogen-bond acceptors (Lipinski definition) is 8. The summed E-state index contributed by atoms with van der Waals surface area (Å²) in [5.74, 6) is 1.91. The number of carbonyl (C=O) groups is 1. The summed E-state index contributed by atoms with van der Waals surface area (Å²) in [6, 6.07) is 22.0. The first kappa shape index (κ1) is 43.8. The van der Waals surface area contributed by atoms with E-state index in [1.54, 1.807) is 31.2 Å². The number of benzene rings is 3. The normalized spacial score (nSPS) is 14.4. The molecule has 0 saturated heterocycles. The summed E-state index contributed by atoms with van der Waals surface area (Å²) >= 11 is 0. The molecule has 1 fully saturated rings. The molecule has 3 aromatic carbocycles. The van der Waals surface area contributed by atoms with Crippen molar-refractivity contribution in [1.82, 2.24) is 0 Å². The molecule has 0 atom stereocenters. The molecule has 10 heteroatoms. The number of rotatable bonds is 12. The molecule has 4 rings (SSSR count). The lowest BCUT2D eigenvalue weighted by molar-refractivity contribution is -0.279. The standard InChI is InChI=1S/C30H32F2O6.C3H6.C2H6O.C2H4.CH2O/c31-30(32)3-1-2-21-4-6-22(7-5-21)23-8-10-24(11-9-23)25-12-14-26(15-13-25)27-16-28(35-19-37-33)18-29(17-27)36-20-38-34;1-3-2;1-2-3;2*1-2/h3,8-18,21-22,33-34H,1-2,4-7,19-20H2;3H,1H2,2H3;3H,2H2,1H3;1-2H2;1H2. The fourth-order valence-electron chi connectivity index (χ4n) is 5.11. The van der Waals surface area contributed by atoms with Gasteiger partial charge in [-0.2, -0.15) is 18.6 Å². The van der Waals surface area contributed by atoms with E-state index in [-0.39, 0.29) is 20.2 Å². The van der Waals surface area contributed by atoms with Gasteiger partial charge in [0.2, 0.25) is 13.6 Å². The van der Waals surface area contributed by atoms with Gasteiger partial charge in [-0.1, -0.05) is 54.6 Å². The molecule has 0 radical (unpaired) electrons. The molecule has 0 bridgehead atoms. The van der Waals surface area contributed by atoms with Crippen molar-refractivity contribution in [2.24, 2.45) is 5.92 Å². The average Bonchev–Trinajstić information content (AvgIpc) is 3.12. The molecule has 1 aliphatic carbocycles. The molecule has 1 saturated carbocycles. The first-order chi connectivity index (χ1) is 23.4. The third-order valence-corrected chi connectivity index (χ3v) is 7.09. The second-order valence-corrected chi connectivity index (χ2v) is 10.2. The molecule has 0 unspecified atom stereocenters. The maximum absolute atomic E-state index is 12.3. The van der Waals surface area contributed by atoms with E-state index in [0.29, 0.717) is 29.8 Å². The van der Waals surface area contributed by atoms with E-state index < -0.39 is 6.08 Å². The van der Waals surface area contributed by atoms with Crippen LogP contribution in [0.5, 0.6) is 11.5 Å². The summed E-state index contributed by atoms with van der Waals surface area (Å²) in [7, 11) is 0. The quantitative estimate of drug-likeness (QED) is 0.0754. The lowest BCUT2D eigenvalue weighted by atomic mass is 9.77. The summed E-state index contributed by atoms with van der Waals surface area (Å²) < 4.78 is 35.2. The molecule has 3 N–H and O–H groups in total. The zero-order valence-electron chi connectivity index (χ0n) is 28.0. The number of ether oxygens (including phenoxy) is 2. The predicted octanol–water partition coefficient (Wildman–Crippen LogP) is 10.3. The molecule has 0 heterocycles. The lowest BCUT2D eigenvalue weighted by Crippen LogP contribution is -2.13. The topological polar surface area (TPSA) is 115 Å². The maximum Gasteiger partial charge on any atom is 0.266 e. The zero-order chi connectivity index (χ0) is 36.2. The summed E-state index contributed by atoms with van der Waals surface area (Å²) in [4.78, 5) is 16.0. The summed E-state index contributed by atoms with van der Waals surface area (Å²) in [6.07, 6.45) is 6.92. The first-order valence-corrected chi connectivity index (χ1v) is 15.5. The van der Waals surface area contributed by atoms with Gasteiger partial charge in [-0.3, -0.25) is 0 Å². The number of halogens is 2. The molecular weight excluding hydrogens is 622 g/mol. The van der Waals surface area contributed by atoms with E-state index in [1.807, 2.05) is 38.0 Å². The van der Waals surface area contributed by atoms with Crippen LogP contribution in [-0.4, -0.2) is 42.6 Å². The van der Waals surface area contributed by atoms with Crippen LogP contribution in [0.3, 0.4) is 0 Å². The van der Waals surface area contributed by atoms with Crippen LogP contribution in [0.1, 0.15) is 63.9 Å². The van der Waals surface area contributed by atoms with E-state index in [0.717, 1.165) is 60.4 Å². The Morgan fingerprint density at radius 2 is 1.19 bits per heavy atom. The number of carbonyl (C=O) groups excluding carboxylic acids is 1. The Bertz CT molecular complexity index is 1240. The maximum atomic E-state index is 12.3. The van der Waals surface area contributed by atoms with Gasteiger partial charge in [-0.25, -0.2) is 10.5 Å². The van der Waals surface area contributed by atoms with Crippen LogP contribution in [-0.2, 0) is 14.6 Å². The molecule has 3 aromatic rings. The summed E-state index contributed by atoms with van der Waals surface area (Å²) in [5.41, 5.74) is 5.29. The molecule has 264 valence electrons. The van der Waals surface area contributed by atoms with Crippen molar-refractivity contribution in [3.05, 3.63) is 110 Å². The molecule has 0 amide bonds. The second kappa shape index (κ2) is 27.9. The van der Waals surface area contributed by atoms with Crippen LogP contribution in [0.15, 0.2) is 105 Å². The van der Waals surface area contributed by atoms with Crippen LogP contribution in [0, 0.1) is 5.92 Å². The minimum atomic E-state index is -1.57. The summed E-state index contributed by atoms with van der Waals surface area (Å²) in [6.45, 7) is 14.5. The van der Waals surface area contributed by atoms with Crippen molar-refractivity contribution in [2.75, 3.05) is 20.2 Å². The fourth-order valence-corrected chi connectivity index (χ4v) is 5.11. The van der Waals surface area contributed by atoms with Gasteiger partial charge < -0.3 is 19.4 Å². The van der Waals surface area contributed by atoms with Crippen LogP contribution < -0.4 is 9.47 Å². The van der Waals surface area contributed by atoms with Crippen LogP contribution in [0.25, 0.3) is 22.3 Å². The van der Waals surface area contributed by atoms with Crippen LogP contribution >= 0.6 is 0 Å². The monoisotopic (exact) mass is 672 g/mol. The smallest absolute Gasteiger partial charge is 0.266 e. The van der Waals surface area contributed by atoms with E-state index in [4.69, 9.17) is 29.9 Å². The number of allylic oxidation sites excluding steroid dienone is 2. The predicted molar refractivity (Wildman–Crippen MR) is 187 cm³/mol. The number of hydrogen-bond donors (Lipinski definition) is 3. The fraction of sp³-hybridized carbons (Fsp3) is 0.342. The van der Waals surface area contributed by atoms with E-state index in [1.165, 1.54) is 5.56 Å². The van der Waals surface area contributed by atoms with Gasteiger partial charge in [0.15, 0.2) is 0 Å². The Hall–Kier alpha value is -4.19. The van der Waals surface area contributed by atoms with E-state index >= 15 is 0 Å². The van der Waals surface area contributed by atoms with Crippen LogP contribution in [0.4, 0.5) is 8.78 Å². The summed E-state index contributed by atoms with van der Waals surface area (Å²) in [5, 5.41) is 24.7. The lowest BCUT2D eigenvalue weighted by Gasteiger charge is -2.28. The van der Waals surface area contributed by atoms with Crippen LogP contribution in [0.2, 0.25) is 0 Å². The van der Waals surface area contributed by atoms with Gasteiger partial charge in [-0.15, -0.1) is 19.7 Å². The number of aliphatic hydroxyl groups excluding tert-OH is 1. The van der Waals surface area contributed by atoms with Gasteiger partial charge in [-0.05, 0) is 110 Å². The van der Waals surface area contributed by atoms with Gasteiger partial charge in [0.25, 0.3) is 6.08 Å². The van der Waals surface area contributed by atoms with Crippen molar-refractivity contribution in [1.29, 1.82) is 0 Å². The largest absolute Gasteiger partial charge is 0.465 e. The molecule has 1 aliphatic rings. The third kappa shape index (κ3) is 17.1. The Morgan fingerprint density at radius 1 is 0.792 bits per heavy atom. The molecule has 48 heavy (non-hydrogen) atoms. The molecule has 8 nitrogen and oxygen atoms in total. The average molecular weight is 673 g/mol. The van der Waals surface area contributed by atoms with Gasteiger partial charge >= 0.3 is 0 Å². The third-order valence-electron chi connectivity index (χ3n) is 7.09. The highest BCUT2D eigenvalue weighted by Gasteiger charge is 2.22. The van der Waals surface area contributed by atoms with Crippen molar-refractivity contribution in [2.45, 2.75) is 58.3 Å². The van der Waals surface area contributed by atoms with Crippen molar-refractivity contribution in [3.8, 4) is 33.8 Å². The Balaban J connectivity index is 0.00000199. The SMILES string of the molecule is C=C.C=CC.C=O.CCO.OOCOc1cc(OCOO)cc(-c2ccc(-c3ccc(C4CCC(CCC=C(F)F)CC4)cc3)cc2)c1. The Kier molecular flexibility index (Phi) is 25.4. The molecule has 0 aromatic heterocycles. The van der Waals surface area contributed by atoms with E-state index in [2.05, 4.69) is 53.8 Å². The van der Waals surface area contributed by atoms with E-state index in [9.17, 15) is 8.78 Å². The highest BCUT2D eigenvalue weighted by Crippen LogP contribution is 2.38. The second-order valence-electron chi connectivity index (χ2n) is 10.2.